The standard InChI is InChI=1S/C44H60F2N8O6/c1-25(2)35(49-41(57)59-43(5,6)7)39(55)51-19-11-13-29(51)23-53-33-17-15-27(45)21-31(33)47-37(53)38-48-32-22-28(46)16-18-34(32)54(38)24-30-14-12-20-52(30)40(56)36(26(3)4)50-42(58)60-44(8,9)10/h15-18,21-22,25-26,29-30,35-36H,11-14,19-20,23-24H2,1-10H3,(H,49,57)(H,50,58)/t29-,30-,35+,36+/m0/s1. The van der Waals surface area contributed by atoms with E-state index in [-0.39, 0.29) is 48.8 Å². The Labute approximate surface area is 350 Å². The van der Waals surface area contributed by atoms with E-state index in [4.69, 9.17) is 19.4 Å². The third kappa shape index (κ3) is 10.0. The third-order valence-electron chi connectivity index (χ3n) is 10.9. The van der Waals surface area contributed by atoms with E-state index < -0.39 is 47.1 Å². The van der Waals surface area contributed by atoms with Crippen LogP contribution < -0.4 is 10.6 Å². The number of carbonyl (C=O) groups excluding carboxylic acids is 4. The minimum absolute atomic E-state index is 0.231. The minimum Gasteiger partial charge on any atom is -0.444 e. The molecule has 4 atom stereocenters. The highest BCUT2D eigenvalue weighted by Crippen LogP contribution is 2.33. The van der Waals surface area contributed by atoms with Gasteiger partial charge in [0.25, 0.3) is 0 Å². The summed E-state index contributed by atoms with van der Waals surface area (Å²) in [5.74, 6) is -1.09. The quantitative estimate of drug-likeness (QED) is 0.159. The monoisotopic (exact) mass is 834 g/mol. The number of ether oxygens (including phenoxy) is 2. The zero-order chi connectivity index (χ0) is 43.8. The summed E-state index contributed by atoms with van der Waals surface area (Å²) in [5, 5.41) is 5.59. The number of nitrogens with one attached hydrogen (secondary N) is 2. The van der Waals surface area contributed by atoms with Crippen molar-refractivity contribution in [3.05, 3.63) is 48.0 Å². The van der Waals surface area contributed by atoms with Crippen molar-refractivity contribution in [2.24, 2.45) is 11.8 Å². The predicted molar refractivity (Wildman–Crippen MR) is 224 cm³/mol. The molecular weight excluding hydrogens is 775 g/mol. The number of carbonyl (C=O) groups is 4. The van der Waals surface area contributed by atoms with E-state index >= 15 is 0 Å². The Bertz CT molecular complexity index is 2080. The molecule has 6 rings (SSSR count). The van der Waals surface area contributed by atoms with Gasteiger partial charge in [0, 0.05) is 50.4 Å². The third-order valence-corrected chi connectivity index (χ3v) is 10.9. The van der Waals surface area contributed by atoms with E-state index in [0.29, 0.717) is 59.6 Å². The van der Waals surface area contributed by atoms with Gasteiger partial charge >= 0.3 is 12.2 Å². The average molecular weight is 835 g/mol. The number of alkyl carbamates (subject to hydrolysis) is 2. The second-order valence-corrected chi connectivity index (χ2v) is 18.7. The Hall–Kier alpha value is -5.28. The Kier molecular flexibility index (Phi) is 12.8. The van der Waals surface area contributed by atoms with Gasteiger partial charge in [0.05, 0.1) is 22.1 Å². The number of hydrogen-bond donors (Lipinski definition) is 2. The molecule has 0 bridgehead atoms. The lowest BCUT2D eigenvalue weighted by Crippen LogP contribution is -2.53. The highest BCUT2D eigenvalue weighted by Gasteiger charge is 2.39. The molecule has 2 aliphatic rings. The highest BCUT2D eigenvalue weighted by molar-refractivity contribution is 5.88. The molecule has 0 saturated carbocycles. The van der Waals surface area contributed by atoms with Crippen LogP contribution in [0.25, 0.3) is 33.7 Å². The van der Waals surface area contributed by atoms with E-state index in [0.717, 1.165) is 12.8 Å². The van der Waals surface area contributed by atoms with Gasteiger partial charge in [-0.1, -0.05) is 27.7 Å². The van der Waals surface area contributed by atoms with Gasteiger partial charge in [0.15, 0.2) is 11.6 Å². The molecule has 0 spiro atoms. The number of imidazole rings is 2. The lowest BCUT2D eigenvalue weighted by molar-refractivity contribution is -0.136. The fraction of sp³-hybridized carbons (Fsp3) is 0.591. The summed E-state index contributed by atoms with van der Waals surface area (Å²) in [4.78, 5) is 67.6. The molecule has 4 aromatic rings. The van der Waals surface area contributed by atoms with Gasteiger partial charge in [-0.3, -0.25) is 9.59 Å². The van der Waals surface area contributed by atoms with Crippen molar-refractivity contribution in [1.82, 2.24) is 39.5 Å². The van der Waals surface area contributed by atoms with Crippen molar-refractivity contribution < 1.29 is 37.4 Å². The molecule has 0 aliphatic carbocycles. The molecule has 2 aromatic heterocycles. The summed E-state index contributed by atoms with van der Waals surface area (Å²) in [6.07, 6.45) is 1.44. The summed E-state index contributed by atoms with van der Waals surface area (Å²) >= 11 is 0. The summed E-state index contributed by atoms with van der Waals surface area (Å²) in [6.45, 7) is 19.5. The predicted octanol–water partition coefficient (Wildman–Crippen LogP) is 7.41. The van der Waals surface area contributed by atoms with Crippen LogP contribution in [0.5, 0.6) is 0 Å². The molecule has 0 unspecified atom stereocenters. The number of amides is 4. The average Bonchev–Trinajstić information content (AvgIpc) is 3.93. The Morgan fingerprint density at radius 1 is 0.667 bits per heavy atom. The Morgan fingerprint density at radius 3 is 1.37 bits per heavy atom. The van der Waals surface area contributed by atoms with Crippen LogP contribution in [-0.4, -0.2) is 101 Å². The van der Waals surface area contributed by atoms with E-state index in [1.807, 2.05) is 36.8 Å². The van der Waals surface area contributed by atoms with Crippen molar-refractivity contribution in [2.75, 3.05) is 13.1 Å². The van der Waals surface area contributed by atoms with Crippen LogP contribution in [0.4, 0.5) is 18.4 Å². The molecule has 4 heterocycles. The summed E-state index contributed by atoms with van der Waals surface area (Å²) in [5.41, 5.74) is 0.506. The molecule has 14 nitrogen and oxygen atoms in total. The van der Waals surface area contributed by atoms with Crippen LogP contribution in [-0.2, 0) is 32.2 Å². The zero-order valence-corrected chi connectivity index (χ0v) is 36.5. The van der Waals surface area contributed by atoms with Crippen LogP contribution in [0.15, 0.2) is 36.4 Å². The van der Waals surface area contributed by atoms with Gasteiger partial charge in [0.1, 0.15) is 34.9 Å². The maximum atomic E-state index is 14.8. The van der Waals surface area contributed by atoms with E-state index in [1.165, 1.54) is 24.3 Å². The zero-order valence-electron chi connectivity index (χ0n) is 36.5. The number of aromatic nitrogens is 4. The first kappa shape index (κ1) is 44.3. The highest BCUT2D eigenvalue weighted by atomic mass is 19.1. The molecule has 4 amide bonds. The number of halogens is 2. The first-order valence-corrected chi connectivity index (χ1v) is 21.0. The Balaban J connectivity index is 1.36. The maximum absolute atomic E-state index is 14.8. The van der Waals surface area contributed by atoms with Crippen molar-refractivity contribution in [3.63, 3.8) is 0 Å². The van der Waals surface area contributed by atoms with Gasteiger partial charge < -0.3 is 39.0 Å². The number of fused-ring (bicyclic) bond motifs is 2. The van der Waals surface area contributed by atoms with Crippen LogP contribution in [0, 0.1) is 23.5 Å². The fourth-order valence-electron chi connectivity index (χ4n) is 8.22. The number of rotatable bonds is 11. The normalized spacial score (nSPS) is 18.4. The van der Waals surface area contributed by atoms with E-state index in [9.17, 15) is 28.0 Å². The summed E-state index contributed by atoms with van der Waals surface area (Å²) in [6, 6.07) is 6.41. The van der Waals surface area contributed by atoms with Crippen molar-refractivity contribution in [3.8, 4) is 11.6 Å². The molecule has 2 fully saturated rings. The molecule has 0 radical (unpaired) electrons. The maximum Gasteiger partial charge on any atom is 0.408 e. The number of hydrogen-bond acceptors (Lipinski definition) is 8. The van der Waals surface area contributed by atoms with Crippen LogP contribution in [0.2, 0.25) is 0 Å². The van der Waals surface area contributed by atoms with Crippen molar-refractivity contribution in [2.45, 2.75) is 143 Å². The van der Waals surface area contributed by atoms with Crippen molar-refractivity contribution >= 4 is 46.1 Å². The van der Waals surface area contributed by atoms with E-state index in [1.54, 1.807) is 63.5 Å². The van der Waals surface area contributed by atoms with Gasteiger partial charge in [-0.25, -0.2) is 28.3 Å². The van der Waals surface area contributed by atoms with Gasteiger partial charge in [-0.2, -0.15) is 0 Å². The number of benzene rings is 2. The number of likely N-dealkylation sites (tertiary alicyclic amines) is 2. The second kappa shape index (κ2) is 17.4. The summed E-state index contributed by atoms with van der Waals surface area (Å²) < 4.78 is 44.5. The number of nitrogens with zero attached hydrogens (tertiary/aromatic N) is 6. The molecule has 2 saturated heterocycles. The largest absolute Gasteiger partial charge is 0.444 e. The van der Waals surface area contributed by atoms with Crippen LogP contribution in [0.1, 0.15) is 94.9 Å². The Morgan fingerprint density at radius 2 is 1.03 bits per heavy atom. The van der Waals surface area contributed by atoms with Gasteiger partial charge in [-0.15, -0.1) is 0 Å². The van der Waals surface area contributed by atoms with Crippen molar-refractivity contribution in [1.29, 1.82) is 0 Å². The topological polar surface area (TPSA) is 153 Å². The molecular formula is C44H60F2N8O6. The minimum atomic E-state index is -0.834. The summed E-state index contributed by atoms with van der Waals surface area (Å²) in [7, 11) is 0. The SMILES string of the molecule is CC(C)[C@@H](NC(=O)OC(C)(C)C)C(=O)N1CCC[C@H]1Cn1c(-c2nc3cc(F)ccc3n2C[C@@H]2CCCN2C(=O)[C@H](NC(=O)OC(C)(C)C)C(C)C)nc2cc(F)ccc21. The van der Waals surface area contributed by atoms with E-state index in [2.05, 4.69) is 10.6 Å². The first-order valence-electron chi connectivity index (χ1n) is 21.0. The fourth-order valence-corrected chi connectivity index (χ4v) is 8.22. The first-order chi connectivity index (χ1) is 28.1. The lowest BCUT2D eigenvalue weighted by atomic mass is 10.0. The van der Waals surface area contributed by atoms with Gasteiger partial charge in [0.2, 0.25) is 11.8 Å². The van der Waals surface area contributed by atoms with Crippen LogP contribution >= 0.6 is 0 Å². The molecule has 16 heteroatoms. The molecule has 326 valence electrons. The molecule has 2 N–H and O–H groups in total. The molecule has 2 aromatic carbocycles. The molecule has 2 aliphatic heterocycles. The smallest absolute Gasteiger partial charge is 0.408 e. The van der Waals surface area contributed by atoms with Crippen LogP contribution in [0.3, 0.4) is 0 Å². The van der Waals surface area contributed by atoms with Gasteiger partial charge in [-0.05, 0) is 103 Å². The lowest BCUT2D eigenvalue weighted by Gasteiger charge is -2.32. The second-order valence-electron chi connectivity index (χ2n) is 18.7. The molecule has 60 heavy (non-hydrogen) atoms.